The minimum Gasteiger partial charge on any atom is -0.465 e. The smallest absolute Gasteiger partial charge is 0.339 e. The maximum atomic E-state index is 13.0. The number of nitrogens with zero attached hydrogens (tertiary/aromatic N) is 1. The number of nitrogens with one attached hydrogen (secondary N) is 1. The fourth-order valence-electron chi connectivity index (χ4n) is 2.84. The predicted octanol–water partition coefficient (Wildman–Crippen LogP) is 4.20. The molecule has 1 N–H and O–H groups in total. The SMILES string of the molecule is COC(=O)c1ccccc1NC(=O)c1cccc(S(=O)(=O)N(C)c2cccc(Cl)c2)c1. The van der Waals surface area contributed by atoms with E-state index in [-0.39, 0.29) is 21.7 Å². The van der Waals surface area contributed by atoms with E-state index in [1.54, 1.807) is 36.4 Å². The number of hydrogen-bond acceptors (Lipinski definition) is 5. The average Bonchev–Trinajstić information content (AvgIpc) is 2.78. The molecule has 3 rings (SSSR count). The third-order valence-electron chi connectivity index (χ3n) is 4.51. The van der Waals surface area contributed by atoms with Gasteiger partial charge in [0, 0.05) is 17.6 Å². The Kier molecular flexibility index (Phi) is 6.62. The van der Waals surface area contributed by atoms with Gasteiger partial charge in [-0.25, -0.2) is 13.2 Å². The van der Waals surface area contributed by atoms with E-state index in [1.165, 1.54) is 50.6 Å². The standard InChI is InChI=1S/C22H19ClN2O5S/c1-25(17-9-6-8-16(23)14-17)31(28,29)18-10-5-7-15(13-18)21(26)24-20-12-4-3-11-19(20)22(27)30-2/h3-14H,1-2H3,(H,24,26). The maximum Gasteiger partial charge on any atom is 0.339 e. The molecule has 9 heteroatoms. The van der Waals surface area contributed by atoms with E-state index in [0.29, 0.717) is 10.7 Å². The third kappa shape index (κ3) is 4.87. The molecule has 0 spiro atoms. The van der Waals surface area contributed by atoms with Gasteiger partial charge in [0.15, 0.2) is 0 Å². The van der Waals surface area contributed by atoms with Crippen LogP contribution in [-0.2, 0) is 14.8 Å². The molecule has 0 aromatic heterocycles. The van der Waals surface area contributed by atoms with Crippen molar-refractivity contribution in [3.8, 4) is 0 Å². The summed E-state index contributed by atoms with van der Waals surface area (Å²) in [5.41, 5.74) is 0.932. The van der Waals surface area contributed by atoms with Crippen molar-refractivity contribution in [3.05, 3.63) is 88.9 Å². The summed E-state index contributed by atoms with van der Waals surface area (Å²) in [6, 6.07) is 18.4. The summed E-state index contributed by atoms with van der Waals surface area (Å²) in [5.74, 6) is -1.17. The number of rotatable bonds is 6. The largest absolute Gasteiger partial charge is 0.465 e. The van der Waals surface area contributed by atoms with E-state index in [9.17, 15) is 18.0 Å². The van der Waals surface area contributed by atoms with E-state index in [1.807, 2.05) is 0 Å². The fraction of sp³-hybridized carbons (Fsp3) is 0.0909. The van der Waals surface area contributed by atoms with Gasteiger partial charge in [0.05, 0.1) is 28.9 Å². The predicted molar refractivity (Wildman–Crippen MR) is 119 cm³/mol. The quantitative estimate of drug-likeness (QED) is 0.559. The number of benzene rings is 3. The molecule has 0 radical (unpaired) electrons. The Balaban J connectivity index is 1.90. The molecule has 0 unspecified atom stereocenters. The van der Waals surface area contributed by atoms with Crippen LogP contribution in [0.4, 0.5) is 11.4 Å². The van der Waals surface area contributed by atoms with Crippen LogP contribution in [0.2, 0.25) is 5.02 Å². The lowest BCUT2D eigenvalue weighted by atomic mass is 10.1. The van der Waals surface area contributed by atoms with Crippen LogP contribution in [0.5, 0.6) is 0 Å². The van der Waals surface area contributed by atoms with Crippen molar-refractivity contribution in [1.29, 1.82) is 0 Å². The van der Waals surface area contributed by atoms with E-state index in [2.05, 4.69) is 5.32 Å². The molecular weight excluding hydrogens is 440 g/mol. The Morgan fingerprint density at radius 1 is 0.968 bits per heavy atom. The van der Waals surface area contributed by atoms with Gasteiger partial charge in [0.1, 0.15) is 0 Å². The van der Waals surface area contributed by atoms with Gasteiger partial charge in [-0.2, -0.15) is 0 Å². The first-order chi connectivity index (χ1) is 14.7. The molecule has 7 nitrogen and oxygen atoms in total. The summed E-state index contributed by atoms with van der Waals surface area (Å²) >= 11 is 5.97. The highest BCUT2D eigenvalue weighted by molar-refractivity contribution is 7.92. The summed E-state index contributed by atoms with van der Waals surface area (Å²) < 4.78 is 31.9. The van der Waals surface area contributed by atoms with Crippen molar-refractivity contribution >= 4 is 44.9 Å². The Hall–Kier alpha value is -3.36. The van der Waals surface area contributed by atoms with Crippen molar-refractivity contribution in [3.63, 3.8) is 0 Å². The number of para-hydroxylation sites is 1. The first-order valence-electron chi connectivity index (χ1n) is 9.07. The van der Waals surface area contributed by atoms with Crippen molar-refractivity contribution in [2.45, 2.75) is 4.90 Å². The lowest BCUT2D eigenvalue weighted by Crippen LogP contribution is -2.27. The van der Waals surface area contributed by atoms with Crippen LogP contribution in [0.3, 0.4) is 0 Å². The van der Waals surface area contributed by atoms with E-state index in [4.69, 9.17) is 16.3 Å². The number of carbonyl (C=O) groups is 2. The van der Waals surface area contributed by atoms with Crippen LogP contribution in [0.25, 0.3) is 0 Å². The molecule has 0 heterocycles. The highest BCUT2D eigenvalue weighted by Gasteiger charge is 2.23. The molecule has 3 aromatic carbocycles. The zero-order chi connectivity index (χ0) is 22.6. The Bertz CT molecular complexity index is 1240. The molecule has 1 amide bonds. The summed E-state index contributed by atoms with van der Waals surface area (Å²) in [4.78, 5) is 24.6. The second kappa shape index (κ2) is 9.20. The molecule has 160 valence electrons. The monoisotopic (exact) mass is 458 g/mol. The molecule has 31 heavy (non-hydrogen) atoms. The fourth-order valence-corrected chi connectivity index (χ4v) is 4.26. The molecule has 0 atom stereocenters. The highest BCUT2D eigenvalue weighted by atomic mass is 35.5. The minimum atomic E-state index is -3.94. The van der Waals surface area contributed by atoms with Crippen LogP contribution < -0.4 is 9.62 Å². The van der Waals surface area contributed by atoms with Crippen molar-refractivity contribution < 1.29 is 22.7 Å². The highest BCUT2D eigenvalue weighted by Crippen LogP contribution is 2.25. The number of amides is 1. The molecule has 0 fully saturated rings. The molecule has 0 saturated carbocycles. The van der Waals surface area contributed by atoms with Gasteiger partial charge in [-0.3, -0.25) is 9.10 Å². The second-order valence-electron chi connectivity index (χ2n) is 6.47. The van der Waals surface area contributed by atoms with Crippen LogP contribution in [0.15, 0.2) is 77.7 Å². The van der Waals surface area contributed by atoms with Gasteiger partial charge in [-0.05, 0) is 48.5 Å². The number of methoxy groups -OCH3 is 1. The van der Waals surface area contributed by atoms with Crippen molar-refractivity contribution in [1.82, 2.24) is 0 Å². The normalized spacial score (nSPS) is 10.9. The van der Waals surface area contributed by atoms with Crippen molar-refractivity contribution in [2.75, 3.05) is 23.8 Å². The van der Waals surface area contributed by atoms with E-state index in [0.717, 1.165) is 4.31 Å². The molecule has 0 aliphatic rings. The molecular formula is C22H19ClN2O5S. The van der Waals surface area contributed by atoms with Gasteiger partial charge >= 0.3 is 5.97 Å². The van der Waals surface area contributed by atoms with Crippen LogP contribution in [0, 0.1) is 0 Å². The van der Waals surface area contributed by atoms with Gasteiger partial charge < -0.3 is 10.1 Å². The Morgan fingerprint density at radius 3 is 2.39 bits per heavy atom. The topological polar surface area (TPSA) is 92.8 Å². The molecule has 0 bridgehead atoms. The minimum absolute atomic E-state index is 0.0659. The van der Waals surface area contributed by atoms with Crippen LogP contribution in [0.1, 0.15) is 20.7 Å². The van der Waals surface area contributed by atoms with Crippen LogP contribution >= 0.6 is 11.6 Å². The van der Waals surface area contributed by atoms with Gasteiger partial charge in [0.25, 0.3) is 15.9 Å². The molecule has 0 saturated heterocycles. The number of carbonyl (C=O) groups excluding carboxylic acids is 2. The van der Waals surface area contributed by atoms with Gasteiger partial charge in [-0.15, -0.1) is 0 Å². The summed E-state index contributed by atoms with van der Waals surface area (Å²) in [5, 5.41) is 3.02. The van der Waals surface area contributed by atoms with Crippen molar-refractivity contribution in [2.24, 2.45) is 0 Å². The maximum absolute atomic E-state index is 13.0. The average molecular weight is 459 g/mol. The summed E-state index contributed by atoms with van der Waals surface area (Å²) in [7, 11) is -1.30. The number of sulfonamides is 1. The second-order valence-corrected chi connectivity index (χ2v) is 8.88. The number of ether oxygens (including phenoxy) is 1. The number of esters is 1. The lowest BCUT2D eigenvalue weighted by Gasteiger charge is -2.20. The molecule has 0 aliphatic carbocycles. The molecule has 3 aromatic rings. The number of hydrogen-bond donors (Lipinski definition) is 1. The summed E-state index contributed by atoms with van der Waals surface area (Å²) in [6.07, 6.45) is 0. The van der Waals surface area contributed by atoms with Crippen LogP contribution in [-0.4, -0.2) is 34.5 Å². The van der Waals surface area contributed by atoms with E-state index < -0.39 is 21.9 Å². The zero-order valence-electron chi connectivity index (χ0n) is 16.7. The Labute approximate surface area is 185 Å². The zero-order valence-corrected chi connectivity index (χ0v) is 18.3. The summed E-state index contributed by atoms with van der Waals surface area (Å²) in [6.45, 7) is 0. The number of anilines is 2. The molecule has 0 aliphatic heterocycles. The van der Waals surface area contributed by atoms with E-state index >= 15 is 0 Å². The lowest BCUT2D eigenvalue weighted by molar-refractivity contribution is 0.0602. The first kappa shape index (κ1) is 22.3. The van der Waals surface area contributed by atoms with Gasteiger partial charge in [-0.1, -0.05) is 35.9 Å². The van der Waals surface area contributed by atoms with Gasteiger partial charge in [0.2, 0.25) is 0 Å². The Morgan fingerprint density at radius 2 is 1.68 bits per heavy atom. The third-order valence-corrected chi connectivity index (χ3v) is 6.52. The first-order valence-corrected chi connectivity index (χ1v) is 10.9. The number of halogens is 1.